The molecule has 1 heterocycles. The molecule has 4 nitrogen and oxygen atoms in total. The van der Waals surface area contributed by atoms with Crippen LogP contribution in [-0.4, -0.2) is 15.8 Å². The Labute approximate surface area is 81.6 Å². The summed E-state index contributed by atoms with van der Waals surface area (Å²) in [7, 11) is 0. The highest BCUT2D eigenvalue weighted by Crippen LogP contribution is 2.42. The molecule has 0 spiro atoms. The van der Waals surface area contributed by atoms with Gasteiger partial charge in [0.2, 0.25) is 5.95 Å². The van der Waals surface area contributed by atoms with E-state index in [1.54, 1.807) is 0 Å². The molecule has 2 N–H and O–H groups in total. The maximum Gasteiger partial charge on any atom is 0.220 e. The molecule has 0 unspecified atom stereocenters. The van der Waals surface area contributed by atoms with Crippen LogP contribution in [0.5, 0.6) is 0 Å². The maximum absolute atomic E-state index is 11.6. The zero-order chi connectivity index (χ0) is 9.71. The number of hydrogen-bond acceptors (Lipinski definition) is 4. The van der Waals surface area contributed by atoms with Gasteiger partial charge in [-0.1, -0.05) is 0 Å². The number of rotatable bonds is 1. The predicted octanol–water partition coefficient (Wildman–Crippen LogP) is 1.07. The number of carbonyl (C=O) groups is 1. The molecule has 3 rings (SSSR count). The minimum Gasteiger partial charge on any atom is -0.368 e. The zero-order valence-electron chi connectivity index (χ0n) is 7.79. The molecule has 0 bridgehead atoms. The molecule has 4 heteroatoms. The highest BCUT2D eigenvalue weighted by atomic mass is 16.1. The molecule has 0 atom stereocenters. The second-order valence-electron chi connectivity index (χ2n) is 3.99. The van der Waals surface area contributed by atoms with E-state index in [-0.39, 0.29) is 5.78 Å². The average Bonchev–Trinajstić information content (AvgIpc) is 2.92. The van der Waals surface area contributed by atoms with Gasteiger partial charge in [0, 0.05) is 12.3 Å². The molecule has 0 saturated heterocycles. The molecule has 0 amide bonds. The number of fused-ring (bicyclic) bond motifs is 1. The molecule has 72 valence electrons. The fourth-order valence-electron chi connectivity index (χ4n) is 2.04. The topological polar surface area (TPSA) is 68.9 Å². The number of carbonyl (C=O) groups excluding carboxylic acids is 1. The second-order valence-corrected chi connectivity index (χ2v) is 3.99. The van der Waals surface area contributed by atoms with E-state index in [9.17, 15) is 4.79 Å². The van der Waals surface area contributed by atoms with Gasteiger partial charge in [-0.2, -0.15) is 0 Å². The number of ketones is 1. The van der Waals surface area contributed by atoms with Crippen molar-refractivity contribution in [3.05, 3.63) is 17.0 Å². The lowest BCUT2D eigenvalue weighted by atomic mass is 10.1. The number of nitrogens with two attached hydrogens (primary N) is 1. The Morgan fingerprint density at radius 1 is 1.21 bits per heavy atom. The highest BCUT2D eigenvalue weighted by molar-refractivity contribution is 6.01. The molecule has 2 aliphatic rings. The molecule has 1 aromatic rings. The zero-order valence-corrected chi connectivity index (χ0v) is 7.79. The third kappa shape index (κ3) is 1.03. The summed E-state index contributed by atoms with van der Waals surface area (Å²) in [5.41, 5.74) is 8.17. The van der Waals surface area contributed by atoms with E-state index in [0.717, 1.165) is 36.2 Å². The summed E-state index contributed by atoms with van der Waals surface area (Å²) in [5, 5.41) is 0. The summed E-state index contributed by atoms with van der Waals surface area (Å²) in [6, 6.07) is 0. The Morgan fingerprint density at radius 2 is 2.00 bits per heavy atom. The van der Waals surface area contributed by atoms with E-state index in [1.165, 1.54) is 0 Å². The van der Waals surface area contributed by atoms with Crippen LogP contribution < -0.4 is 5.73 Å². The van der Waals surface area contributed by atoms with Crippen molar-refractivity contribution in [2.75, 3.05) is 5.73 Å². The fraction of sp³-hybridized carbons (Fsp3) is 0.500. The van der Waals surface area contributed by atoms with Gasteiger partial charge in [-0.3, -0.25) is 4.79 Å². The van der Waals surface area contributed by atoms with Gasteiger partial charge >= 0.3 is 0 Å². The monoisotopic (exact) mass is 189 g/mol. The van der Waals surface area contributed by atoms with Crippen molar-refractivity contribution in [1.82, 2.24) is 9.97 Å². The number of anilines is 1. The van der Waals surface area contributed by atoms with Crippen molar-refractivity contribution in [2.45, 2.75) is 31.6 Å². The summed E-state index contributed by atoms with van der Waals surface area (Å²) < 4.78 is 0. The molecular formula is C10H11N3O. The molecule has 0 radical (unpaired) electrons. The van der Waals surface area contributed by atoms with Crippen molar-refractivity contribution < 1.29 is 4.79 Å². The van der Waals surface area contributed by atoms with Crippen LogP contribution in [0.2, 0.25) is 0 Å². The van der Waals surface area contributed by atoms with Gasteiger partial charge in [-0.25, -0.2) is 9.97 Å². The lowest BCUT2D eigenvalue weighted by Gasteiger charge is -2.05. The number of nitrogens with zero attached hydrogens (tertiary/aromatic N) is 2. The first-order chi connectivity index (χ1) is 6.75. The Morgan fingerprint density at radius 3 is 2.71 bits per heavy atom. The van der Waals surface area contributed by atoms with Gasteiger partial charge in [-0.05, 0) is 19.3 Å². The lowest BCUT2D eigenvalue weighted by Crippen LogP contribution is -2.07. The quantitative estimate of drug-likeness (QED) is 0.717. The van der Waals surface area contributed by atoms with Crippen LogP contribution in [0.15, 0.2) is 0 Å². The predicted molar refractivity (Wildman–Crippen MR) is 51.1 cm³/mol. The van der Waals surface area contributed by atoms with Crippen LogP contribution >= 0.6 is 0 Å². The van der Waals surface area contributed by atoms with E-state index in [2.05, 4.69) is 9.97 Å². The summed E-state index contributed by atoms with van der Waals surface area (Å²) in [6.07, 6.45) is 3.58. The van der Waals surface area contributed by atoms with Crippen LogP contribution in [0.3, 0.4) is 0 Å². The fourth-order valence-corrected chi connectivity index (χ4v) is 2.04. The second kappa shape index (κ2) is 2.53. The van der Waals surface area contributed by atoms with E-state index >= 15 is 0 Å². The van der Waals surface area contributed by atoms with Crippen LogP contribution in [-0.2, 0) is 6.42 Å². The Balaban J connectivity index is 2.22. The first kappa shape index (κ1) is 7.91. The third-order valence-corrected chi connectivity index (χ3v) is 2.86. The van der Waals surface area contributed by atoms with E-state index < -0.39 is 0 Å². The number of aromatic nitrogens is 2. The van der Waals surface area contributed by atoms with Crippen molar-refractivity contribution in [3.63, 3.8) is 0 Å². The first-order valence-electron chi connectivity index (χ1n) is 4.95. The van der Waals surface area contributed by atoms with Crippen molar-refractivity contribution in [1.29, 1.82) is 0 Å². The normalized spacial score (nSPS) is 19.9. The Kier molecular flexibility index (Phi) is 1.43. The SMILES string of the molecule is Nc1nc2c(c(C3CC3)n1)C(=O)CC2. The van der Waals surface area contributed by atoms with Crippen molar-refractivity contribution in [2.24, 2.45) is 0 Å². The summed E-state index contributed by atoms with van der Waals surface area (Å²) in [6.45, 7) is 0. The summed E-state index contributed by atoms with van der Waals surface area (Å²) >= 11 is 0. The molecule has 14 heavy (non-hydrogen) atoms. The summed E-state index contributed by atoms with van der Waals surface area (Å²) in [5.74, 6) is 0.985. The van der Waals surface area contributed by atoms with Gasteiger partial charge in [0.1, 0.15) is 0 Å². The highest BCUT2D eigenvalue weighted by Gasteiger charge is 2.34. The van der Waals surface area contributed by atoms with E-state index in [4.69, 9.17) is 5.73 Å². The molecule has 1 saturated carbocycles. The third-order valence-electron chi connectivity index (χ3n) is 2.86. The molecule has 2 aliphatic carbocycles. The van der Waals surface area contributed by atoms with Crippen LogP contribution in [0.4, 0.5) is 5.95 Å². The van der Waals surface area contributed by atoms with Gasteiger partial charge in [0.05, 0.1) is 17.0 Å². The standard InChI is InChI=1S/C10H11N3O/c11-10-12-6-3-4-7(14)8(6)9(13-10)5-1-2-5/h5H,1-4H2,(H2,11,12,13). The van der Waals surface area contributed by atoms with Crippen LogP contribution in [0, 0.1) is 0 Å². The van der Waals surface area contributed by atoms with E-state index in [1.807, 2.05) is 0 Å². The Hall–Kier alpha value is -1.45. The lowest BCUT2D eigenvalue weighted by molar-refractivity contribution is 0.0993. The number of nitrogen functional groups attached to an aromatic ring is 1. The molecule has 1 aromatic heterocycles. The molecular weight excluding hydrogens is 178 g/mol. The number of hydrogen-bond donors (Lipinski definition) is 1. The van der Waals surface area contributed by atoms with Gasteiger partial charge < -0.3 is 5.73 Å². The smallest absolute Gasteiger partial charge is 0.220 e. The van der Waals surface area contributed by atoms with Gasteiger partial charge in [-0.15, -0.1) is 0 Å². The van der Waals surface area contributed by atoms with Crippen LogP contribution in [0.25, 0.3) is 0 Å². The molecule has 0 aliphatic heterocycles. The number of aryl methyl sites for hydroxylation is 1. The van der Waals surface area contributed by atoms with Crippen molar-refractivity contribution in [3.8, 4) is 0 Å². The summed E-state index contributed by atoms with van der Waals surface area (Å²) in [4.78, 5) is 19.9. The Bertz CT molecular complexity index is 424. The largest absolute Gasteiger partial charge is 0.368 e. The average molecular weight is 189 g/mol. The van der Waals surface area contributed by atoms with Crippen LogP contribution in [0.1, 0.15) is 46.9 Å². The number of Topliss-reactive ketones (excluding diaryl/α,β-unsaturated/α-hetero) is 1. The van der Waals surface area contributed by atoms with Gasteiger partial charge in [0.25, 0.3) is 0 Å². The maximum atomic E-state index is 11.6. The molecule has 1 fully saturated rings. The molecule has 0 aromatic carbocycles. The minimum atomic E-state index is 0.196. The first-order valence-corrected chi connectivity index (χ1v) is 4.95. The van der Waals surface area contributed by atoms with Gasteiger partial charge in [0.15, 0.2) is 5.78 Å². The van der Waals surface area contributed by atoms with Crippen molar-refractivity contribution >= 4 is 11.7 Å². The minimum absolute atomic E-state index is 0.196. The van der Waals surface area contributed by atoms with E-state index in [0.29, 0.717) is 18.3 Å².